The molecule has 0 aliphatic heterocycles. The second-order valence-electron chi connectivity index (χ2n) is 3.31. The Balaban J connectivity index is 3.10. The van der Waals surface area contributed by atoms with Gasteiger partial charge in [0, 0.05) is 5.56 Å². The minimum atomic E-state index is -1.31. The Bertz CT molecular complexity index is 488. The van der Waals surface area contributed by atoms with E-state index < -0.39 is 17.2 Å². The van der Waals surface area contributed by atoms with Crippen molar-refractivity contribution < 1.29 is 9.90 Å². The van der Waals surface area contributed by atoms with Gasteiger partial charge in [-0.15, -0.1) is 0 Å². The Morgan fingerprint density at radius 2 is 1.94 bits per heavy atom. The van der Waals surface area contributed by atoms with Gasteiger partial charge in [0.15, 0.2) is 0 Å². The number of aromatic nitrogens is 2. The van der Waals surface area contributed by atoms with Crippen LogP contribution in [0.4, 0.5) is 0 Å². The van der Waals surface area contributed by atoms with Crippen LogP contribution in [-0.2, 0) is 6.42 Å². The van der Waals surface area contributed by atoms with E-state index in [1.54, 1.807) is 0 Å². The summed E-state index contributed by atoms with van der Waals surface area (Å²) in [5, 5.41) is 8.82. The van der Waals surface area contributed by atoms with Gasteiger partial charge in [-0.05, 0) is 25.8 Å². The van der Waals surface area contributed by atoms with Crippen LogP contribution in [-0.4, -0.2) is 27.6 Å². The first-order valence-corrected chi connectivity index (χ1v) is 4.85. The topological polar surface area (TPSA) is 129 Å². The SMILES string of the molecule is NCCCCc1c(C(=O)O)[nH]c(=O)[nH]c1=O. The van der Waals surface area contributed by atoms with Crippen LogP contribution in [0.15, 0.2) is 9.59 Å². The summed E-state index contributed by atoms with van der Waals surface area (Å²) in [4.78, 5) is 37.2. The highest BCUT2D eigenvalue weighted by molar-refractivity contribution is 5.86. The molecule has 1 heterocycles. The number of carboxylic acid groups (broad SMARTS) is 1. The number of H-pyrrole nitrogens is 2. The lowest BCUT2D eigenvalue weighted by Crippen LogP contribution is -2.30. The first-order chi connectivity index (χ1) is 7.56. The van der Waals surface area contributed by atoms with E-state index in [0.29, 0.717) is 19.4 Å². The molecule has 0 aromatic carbocycles. The van der Waals surface area contributed by atoms with Crippen molar-refractivity contribution in [2.75, 3.05) is 6.54 Å². The summed E-state index contributed by atoms with van der Waals surface area (Å²) in [6.45, 7) is 0.476. The number of aromatic amines is 2. The number of carbonyl (C=O) groups is 1. The molecular weight excluding hydrogens is 214 g/mol. The van der Waals surface area contributed by atoms with Crippen molar-refractivity contribution in [1.82, 2.24) is 9.97 Å². The second-order valence-corrected chi connectivity index (χ2v) is 3.31. The molecule has 0 amide bonds. The molecule has 1 aromatic heterocycles. The normalized spacial score (nSPS) is 10.3. The molecule has 0 unspecified atom stereocenters. The number of nitrogens with two attached hydrogens (primary N) is 1. The van der Waals surface area contributed by atoms with Crippen molar-refractivity contribution >= 4 is 5.97 Å². The zero-order valence-electron chi connectivity index (χ0n) is 8.58. The Labute approximate surface area is 90.3 Å². The number of rotatable bonds is 5. The fourth-order valence-electron chi connectivity index (χ4n) is 1.38. The van der Waals surface area contributed by atoms with Gasteiger partial charge in [0.2, 0.25) is 0 Å². The summed E-state index contributed by atoms with van der Waals surface area (Å²) in [6.07, 6.45) is 1.58. The number of aromatic carboxylic acids is 1. The second kappa shape index (κ2) is 5.26. The summed E-state index contributed by atoms with van der Waals surface area (Å²) in [5.41, 5.74) is 3.57. The Kier molecular flexibility index (Phi) is 4.01. The highest BCUT2D eigenvalue weighted by atomic mass is 16.4. The Morgan fingerprint density at radius 3 is 2.50 bits per heavy atom. The molecule has 0 saturated carbocycles. The van der Waals surface area contributed by atoms with E-state index in [0.717, 1.165) is 0 Å². The van der Waals surface area contributed by atoms with E-state index in [4.69, 9.17) is 10.8 Å². The van der Waals surface area contributed by atoms with E-state index in [1.165, 1.54) is 0 Å². The van der Waals surface area contributed by atoms with E-state index in [1.807, 2.05) is 4.98 Å². The quantitative estimate of drug-likeness (QED) is 0.481. The van der Waals surface area contributed by atoms with Gasteiger partial charge in [0.05, 0.1) is 0 Å². The molecule has 0 saturated heterocycles. The maximum atomic E-state index is 11.4. The predicted molar refractivity (Wildman–Crippen MR) is 56.6 cm³/mol. The van der Waals surface area contributed by atoms with Crippen LogP contribution in [0.3, 0.4) is 0 Å². The molecule has 0 radical (unpaired) electrons. The maximum absolute atomic E-state index is 11.4. The van der Waals surface area contributed by atoms with Gasteiger partial charge >= 0.3 is 11.7 Å². The van der Waals surface area contributed by atoms with Crippen LogP contribution in [0.2, 0.25) is 0 Å². The van der Waals surface area contributed by atoms with Gasteiger partial charge in [0.1, 0.15) is 5.69 Å². The van der Waals surface area contributed by atoms with Crippen LogP contribution >= 0.6 is 0 Å². The van der Waals surface area contributed by atoms with Gasteiger partial charge in [-0.3, -0.25) is 9.78 Å². The highest BCUT2D eigenvalue weighted by Crippen LogP contribution is 2.03. The highest BCUT2D eigenvalue weighted by Gasteiger charge is 2.14. The fraction of sp³-hybridized carbons (Fsp3) is 0.444. The first kappa shape index (κ1) is 12.2. The lowest BCUT2D eigenvalue weighted by molar-refractivity contribution is 0.0688. The fourth-order valence-corrected chi connectivity index (χ4v) is 1.38. The van der Waals surface area contributed by atoms with Gasteiger partial charge < -0.3 is 15.8 Å². The molecule has 0 fully saturated rings. The summed E-state index contributed by atoms with van der Waals surface area (Å²) >= 11 is 0. The molecule has 0 bridgehead atoms. The number of nitrogens with one attached hydrogen (secondary N) is 2. The molecule has 16 heavy (non-hydrogen) atoms. The summed E-state index contributed by atoms with van der Waals surface area (Å²) in [5.74, 6) is -1.31. The molecular formula is C9H13N3O4. The van der Waals surface area contributed by atoms with Crippen molar-refractivity contribution in [1.29, 1.82) is 0 Å². The zero-order chi connectivity index (χ0) is 12.1. The van der Waals surface area contributed by atoms with Crippen molar-refractivity contribution in [3.05, 3.63) is 32.1 Å². The van der Waals surface area contributed by atoms with Gasteiger partial charge in [0.25, 0.3) is 5.56 Å². The molecule has 0 aliphatic rings. The standard InChI is InChI=1S/C9H13N3O4/c10-4-2-1-3-5-6(8(14)15)11-9(16)12-7(5)13/h1-4,10H2,(H,14,15)(H2,11,12,13,16). The average molecular weight is 227 g/mol. The molecule has 1 rings (SSSR count). The average Bonchev–Trinajstić information content (AvgIpc) is 2.20. The van der Waals surface area contributed by atoms with Crippen molar-refractivity contribution in [3.63, 3.8) is 0 Å². The molecule has 0 atom stereocenters. The summed E-state index contributed by atoms with van der Waals surface area (Å²) < 4.78 is 0. The third-order valence-corrected chi connectivity index (χ3v) is 2.14. The zero-order valence-corrected chi connectivity index (χ0v) is 8.58. The number of hydrogen-bond acceptors (Lipinski definition) is 4. The largest absolute Gasteiger partial charge is 0.477 e. The molecule has 0 aliphatic carbocycles. The Morgan fingerprint density at radius 1 is 1.25 bits per heavy atom. The van der Waals surface area contributed by atoms with Crippen LogP contribution in [0.25, 0.3) is 0 Å². The number of unbranched alkanes of at least 4 members (excludes halogenated alkanes) is 1. The van der Waals surface area contributed by atoms with Crippen LogP contribution in [0.5, 0.6) is 0 Å². The summed E-state index contributed by atoms with van der Waals surface area (Å²) in [6, 6.07) is 0. The maximum Gasteiger partial charge on any atom is 0.352 e. The first-order valence-electron chi connectivity index (χ1n) is 4.85. The van der Waals surface area contributed by atoms with E-state index in [-0.39, 0.29) is 17.7 Å². The number of carboxylic acids is 1. The molecule has 1 aromatic rings. The van der Waals surface area contributed by atoms with Crippen molar-refractivity contribution in [2.24, 2.45) is 5.73 Å². The van der Waals surface area contributed by atoms with Gasteiger partial charge in [-0.2, -0.15) is 0 Å². The third-order valence-electron chi connectivity index (χ3n) is 2.14. The summed E-state index contributed by atoms with van der Waals surface area (Å²) in [7, 11) is 0. The molecule has 5 N–H and O–H groups in total. The third kappa shape index (κ3) is 2.80. The van der Waals surface area contributed by atoms with E-state index >= 15 is 0 Å². The van der Waals surface area contributed by atoms with Crippen LogP contribution in [0.1, 0.15) is 28.9 Å². The predicted octanol–water partition coefficient (Wildman–Crippen LogP) is -0.957. The minimum Gasteiger partial charge on any atom is -0.477 e. The smallest absolute Gasteiger partial charge is 0.352 e. The van der Waals surface area contributed by atoms with E-state index in [2.05, 4.69) is 4.98 Å². The lowest BCUT2D eigenvalue weighted by Gasteiger charge is -2.03. The van der Waals surface area contributed by atoms with Crippen molar-refractivity contribution in [3.8, 4) is 0 Å². The lowest BCUT2D eigenvalue weighted by atomic mass is 10.1. The van der Waals surface area contributed by atoms with Crippen molar-refractivity contribution in [2.45, 2.75) is 19.3 Å². The van der Waals surface area contributed by atoms with E-state index in [9.17, 15) is 14.4 Å². The molecule has 0 spiro atoms. The van der Waals surface area contributed by atoms with Gasteiger partial charge in [-0.1, -0.05) is 0 Å². The monoisotopic (exact) mass is 227 g/mol. The molecule has 88 valence electrons. The van der Waals surface area contributed by atoms with Crippen LogP contribution < -0.4 is 17.0 Å². The van der Waals surface area contributed by atoms with Gasteiger partial charge in [-0.25, -0.2) is 9.59 Å². The molecule has 7 nitrogen and oxygen atoms in total. The number of hydrogen-bond donors (Lipinski definition) is 4. The molecule has 7 heteroatoms. The minimum absolute atomic E-state index is 0.0838. The van der Waals surface area contributed by atoms with Crippen LogP contribution in [0, 0.1) is 0 Å². The Hall–Kier alpha value is -1.89.